The van der Waals surface area contributed by atoms with Gasteiger partial charge < -0.3 is 19.6 Å². The fraction of sp³-hybridized carbons (Fsp3) is 0. The molecule has 0 amide bonds. The molecule has 1 heterocycles. The van der Waals surface area contributed by atoms with Crippen LogP contribution in [0.3, 0.4) is 0 Å². The van der Waals surface area contributed by atoms with Crippen LogP contribution in [0.15, 0.2) is 261 Å². The van der Waals surface area contributed by atoms with Crippen LogP contribution >= 0.6 is 0 Å². The van der Waals surface area contributed by atoms with Gasteiger partial charge in [-0.25, -0.2) is 0 Å². The molecule has 0 saturated carbocycles. The molecule has 4 heteroatoms. The van der Waals surface area contributed by atoms with Gasteiger partial charge >= 0.3 is 0 Å². The molecule has 1 aliphatic rings. The molecule has 11 aromatic carbocycles. The van der Waals surface area contributed by atoms with Gasteiger partial charge in [0, 0.05) is 17.1 Å². The van der Waals surface area contributed by atoms with Crippen molar-refractivity contribution in [1.82, 2.24) is 0 Å². The molecule has 0 saturated heterocycles. The number of ether oxygens (including phenoxy) is 1. The van der Waals surface area contributed by atoms with Crippen LogP contribution in [0.25, 0.3) is 65.7 Å². The third kappa shape index (κ3) is 7.22. The van der Waals surface area contributed by atoms with Crippen molar-refractivity contribution in [1.29, 1.82) is 0 Å². The number of fused-ring (bicyclic) bond motifs is 5. The normalized spacial score (nSPS) is 11.7. The fourth-order valence-electron chi connectivity index (χ4n) is 9.90. The van der Waals surface area contributed by atoms with Crippen LogP contribution in [0, 0.1) is 0 Å². The number of para-hydroxylation sites is 7. The third-order valence-electron chi connectivity index (χ3n) is 12.9. The smallest absolute Gasteiger partial charge is 0.151 e. The van der Waals surface area contributed by atoms with Crippen molar-refractivity contribution >= 4 is 66.4 Å². The molecule has 0 unspecified atom stereocenters. The monoisotopic (exact) mass is 872 g/mol. The van der Waals surface area contributed by atoms with Crippen molar-refractivity contribution in [3.05, 3.63) is 261 Å². The Labute approximate surface area is 395 Å². The molecular formula is C64H44N2O2. The Morgan fingerprint density at radius 1 is 0.353 bits per heavy atom. The highest BCUT2D eigenvalue weighted by Gasteiger charge is 2.28. The molecule has 0 atom stereocenters. The Bertz CT molecular complexity index is 3700. The van der Waals surface area contributed by atoms with Crippen molar-refractivity contribution < 1.29 is 9.84 Å². The van der Waals surface area contributed by atoms with Crippen LogP contribution in [-0.2, 0) is 0 Å². The summed E-state index contributed by atoms with van der Waals surface area (Å²) < 4.78 is 6.51. The van der Waals surface area contributed by atoms with Crippen molar-refractivity contribution in [2.45, 2.75) is 0 Å². The summed E-state index contributed by atoms with van der Waals surface area (Å²) in [5.41, 5.74) is 12.2. The third-order valence-corrected chi connectivity index (χ3v) is 12.9. The maximum Gasteiger partial charge on any atom is 0.151 e. The van der Waals surface area contributed by atoms with Gasteiger partial charge in [-0.05, 0) is 145 Å². The summed E-state index contributed by atoms with van der Waals surface area (Å²) in [6.07, 6.45) is 0. The predicted molar refractivity (Wildman–Crippen MR) is 284 cm³/mol. The molecule has 0 fully saturated rings. The molecule has 12 rings (SSSR count). The summed E-state index contributed by atoms with van der Waals surface area (Å²) >= 11 is 0. The topological polar surface area (TPSA) is 35.9 Å². The summed E-state index contributed by atoms with van der Waals surface area (Å²) in [7, 11) is 0. The minimum atomic E-state index is 0.199. The second-order valence-corrected chi connectivity index (χ2v) is 17.0. The van der Waals surface area contributed by atoms with Crippen LogP contribution < -0.4 is 14.5 Å². The molecule has 0 bridgehead atoms. The van der Waals surface area contributed by atoms with Gasteiger partial charge in [-0.2, -0.15) is 0 Å². The second-order valence-electron chi connectivity index (χ2n) is 17.0. The summed E-state index contributed by atoms with van der Waals surface area (Å²) in [5, 5.41) is 18.3. The van der Waals surface area contributed by atoms with Gasteiger partial charge in [-0.3, -0.25) is 0 Å². The van der Waals surface area contributed by atoms with E-state index in [2.05, 4.69) is 198 Å². The van der Waals surface area contributed by atoms with Gasteiger partial charge in [0.2, 0.25) is 0 Å². The van der Waals surface area contributed by atoms with E-state index in [1.807, 2.05) is 66.7 Å². The lowest BCUT2D eigenvalue weighted by Gasteiger charge is -2.33. The quantitative estimate of drug-likeness (QED) is 0.162. The predicted octanol–water partition coefficient (Wildman–Crippen LogP) is 18.0. The zero-order valence-electron chi connectivity index (χ0n) is 37.1. The van der Waals surface area contributed by atoms with E-state index in [0.717, 1.165) is 94.9 Å². The number of aromatic hydroxyl groups is 1. The van der Waals surface area contributed by atoms with Gasteiger partial charge in [0.1, 0.15) is 5.75 Å². The number of rotatable bonds is 7. The molecule has 0 aliphatic carbocycles. The Morgan fingerprint density at radius 3 is 1.66 bits per heavy atom. The van der Waals surface area contributed by atoms with Crippen LogP contribution in [0.4, 0.5) is 34.1 Å². The molecule has 1 N–H and O–H groups in total. The highest BCUT2D eigenvalue weighted by molar-refractivity contribution is 6.24. The number of hydrogen-bond donors (Lipinski definition) is 1. The van der Waals surface area contributed by atoms with E-state index in [1.165, 1.54) is 10.8 Å². The second kappa shape index (κ2) is 17.4. The van der Waals surface area contributed by atoms with Crippen molar-refractivity contribution in [2.24, 2.45) is 0 Å². The standard InChI is InChI=1S/C64H44N2O2/c67-60-32-18-15-29-57(60)65(48-25-9-6-10-26-48)49-37-40-54-55(42-49)63(47-36-35-44-21-11-12-24-46(44)41-47)53-39-38-50(66-58-30-16-19-33-61(58)68-62-34-20-17-31-59(62)66)43-56(53)64(54)52-28-14-13-27-51(52)45-22-7-4-2-1-3-5-8-23-45/h1-43,67H. The minimum absolute atomic E-state index is 0.199. The van der Waals surface area contributed by atoms with Crippen LogP contribution in [0.5, 0.6) is 17.2 Å². The maximum absolute atomic E-state index is 11.5. The molecule has 322 valence electrons. The van der Waals surface area contributed by atoms with E-state index in [0.29, 0.717) is 5.69 Å². The average Bonchev–Trinajstić information content (AvgIpc) is 3.39. The van der Waals surface area contributed by atoms with E-state index < -0.39 is 0 Å². The van der Waals surface area contributed by atoms with Gasteiger partial charge in [0.15, 0.2) is 11.5 Å². The Morgan fingerprint density at radius 2 is 0.912 bits per heavy atom. The Kier molecular flexibility index (Phi) is 10.3. The van der Waals surface area contributed by atoms with Crippen LogP contribution in [0.2, 0.25) is 0 Å². The zero-order chi connectivity index (χ0) is 45.4. The lowest BCUT2D eigenvalue weighted by atomic mass is 9.83. The number of phenolic OH excluding ortho intramolecular Hbond substituents is 1. The summed E-state index contributed by atoms with van der Waals surface area (Å²) in [6, 6.07) is 91.2. The van der Waals surface area contributed by atoms with Crippen LogP contribution in [0.1, 0.15) is 0 Å². The molecule has 0 spiro atoms. The zero-order valence-corrected chi connectivity index (χ0v) is 37.1. The fourth-order valence-corrected chi connectivity index (χ4v) is 9.90. The first-order chi connectivity index (χ1) is 33.7. The highest BCUT2D eigenvalue weighted by Crippen LogP contribution is 2.53. The molecule has 11 aromatic rings. The number of phenols is 1. The lowest BCUT2D eigenvalue weighted by Crippen LogP contribution is -2.15. The Balaban J connectivity index is 1.22. The SMILES string of the molecule is Oc1ccccc1N(c1ccccc1)c1ccc2c(-c3ccccc3-c3ccccccccc3)c3cc(N4c5ccccc5Oc5ccccc54)ccc3c(-c3ccc4ccccc4c3)c2c1. The first kappa shape index (κ1) is 40.4. The Hall–Kier alpha value is -9.12. The molecule has 1 aliphatic heterocycles. The van der Waals surface area contributed by atoms with Gasteiger partial charge in [-0.15, -0.1) is 0 Å². The lowest BCUT2D eigenvalue weighted by molar-refractivity contribution is 0.476. The number of nitrogens with zero attached hydrogens (tertiary/aromatic N) is 2. The summed E-state index contributed by atoms with van der Waals surface area (Å²) in [5.74, 6) is 1.81. The van der Waals surface area contributed by atoms with Gasteiger partial charge in [0.25, 0.3) is 0 Å². The van der Waals surface area contributed by atoms with E-state index in [1.54, 1.807) is 6.07 Å². The largest absolute Gasteiger partial charge is 0.506 e. The van der Waals surface area contributed by atoms with E-state index in [9.17, 15) is 5.11 Å². The molecule has 4 nitrogen and oxygen atoms in total. The average molecular weight is 873 g/mol. The summed E-state index contributed by atoms with van der Waals surface area (Å²) in [6.45, 7) is 0. The van der Waals surface area contributed by atoms with E-state index in [4.69, 9.17) is 4.74 Å². The number of anilines is 6. The highest BCUT2D eigenvalue weighted by atomic mass is 16.5. The van der Waals surface area contributed by atoms with Crippen molar-refractivity contribution in [3.8, 4) is 50.6 Å². The number of benzene rings is 10. The van der Waals surface area contributed by atoms with E-state index in [-0.39, 0.29) is 5.75 Å². The van der Waals surface area contributed by atoms with Gasteiger partial charge in [-0.1, -0.05) is 182 Å². The molecule has 0 aromatic heterocycles. The minimum Gasteiger partial charge on any atom is -0.506 e. The summed E-state index contributed by atoms with van der Waals surface area (Å²) in [4.78, 5) is 4.48. The molecule has 0 radical (unpaired) electrons. The molecule has 68 heavy (non-hydrogen) atoms. The van der Waals surface area contributed by atoms with Gasteiger partial charge in [0.05, 0.1) is 17.1 Å². The maximum atomic E-state index is 11.5. The first-order valence-electron chi connectivity index (χ1n) is 23.0. The van der Waals surface area contributed by atoms with Crippen LogP contribution in [-0.4, -0.2) is 5.11 Å². The van der Waals surface area contributed by atoms with E-state index >= 15 is 0 Å². The first-order valence-corrected chi connectivity index (χ1v) is 23.0. The molecular weight excluding hydrogens is 829 g/mol. The number of hydrogen-bond acceptors (Lipinski definition) is 4. The van der Waals surface area contributed by atoms with Crippen molar-refractivity contribution in [3.63, 3.8) is 0 Å². The van der Waals surface area contributed by atoms with Crippen molar-refractivity contribution in [2.75, 3.05) is 9.80 Å².